The Labute approximate surface area is 184 Å². The van der Waals surface area contributed by atoms with Crippen molar-refractivity contribution in [1.29, 1.82) is 0 Å². The number of nitrogens with zero attached hydrogens (tertiary/aromatic N) is 6. The van der Waals surface area contributed by atoms with E-state index in [4.69, 9.17) is 20.8 Å². The molecule has 0 radical (unpaired) electrons. The molecule has 0 spiro atoms. The number of anilines is 1. The molecule has 1 saturated heterocycles. The fourth-order valence-corrected chi connectivity index (χ4v) is 4.87. The third kappa shape index (κ3) is 4.16. The standard InChI is InChI=1S/C24H33N7/c1-17-21(16-31(28-17)20-12-18(13-20)4-3-7-25)24-15-26-23-14-19(5-6-22(23)27-24)30-10-8-29(2)9-11-30/h5-6,14-16,18,20H,3-4,7-13,25H2,1-2H3. The lowest BCUT2D eigenvalue weighted by atomic mass is 9.77. The van der Waals surface area contributed by atoms with E-state index in [0.29, 0.717) is 6.04 Å². The van der Waals surface area contributed by atoms with Crippen LogP contribution in [-0.4, -0.2) is 64.4 Å². The first-order chi connectivity index (χ1) is 15.1. The number of fused-ring (bicyclic) bond motifs is 1. The smallest absolute Gasteiger partial charge is 0.0927 e. The summed E-state index contributed by atoms with van der Waals surface area (Å²) in [7, 11) is 2.18. The van der Waals surface area contributed by atoms with Gasteiger partial charge in [0.25, 0.3) is 0 Å². The SMILES string of the molecule is Cc1nn(C2CC(CCCN)C2)cc1-c1cnc2cc(N3CCN(C)CC3)ccc2n1. The number of rotatable bonds is 6. The van der Waals surface area contributed by atoms with Gasteiger partial charge < -0.3 is 15.5 Å². The van der Waals surface area contributed by atoms with Crippen LogP contribution >= 0.6 is 0 Å². The molecule has 0 atom stereocenters. The van der Waals surface area contributed by atoms with Crippen LogP contribution in [-0.2, 0) is 0 Å². The van der Waals surface area contributed by atoms with E-state index in [2.05, 4.69) is 52.8 Å². The van der Waals surface area contributed by atoms with Crippen LogP contribution in [0.4, 0.5) is 5.69 Å². The maximum atomic E-state index is 5.65. The molecule has 0 unspecified atom stereocenters. The topological polar surface area (TPSA) is 76.1 Å². The molecule has 0 bridgehead atoms. The maximum absolute atomic E-state index is 5.65. The number of hydrogen-bond acceptors (Lipinski definition) is 6. The largest absolute Gasteiger partial charge is 0.369 e. The number of hydrogen-bond donors (Lipinski definition) is 1. The van der Waals surface area contributed by atoms with Gasteiger partial charge in [0.1, 0.15) is 0 Å². The van der Waals surface area contributed by atoms with E-state index < -0.39 is 0 Å². The first kappa shape index (κ1) is 20.4. The fraction of sp³-hybridized carbons (Fsp3) is 0.542. The predicted molar refractivity (Wildman–Crippen MR) is 125 cm³/mol. The van der Waals surface area contributed by atoms with Gasteiger partial charge in [-0.15, -0.1) is 0 Å². The average Bonchev–Trinajstić information content (AvgIpc) is 3.13. The van der Waals surface area contributed by atoms with E-state index in [-0.39, 0.29) is 0 Å². The monoisotopic (exact) mass is 419 g/mol. The van der Waals surface area contributed by atoms with E-state index in [9.17, 15) is 0 Å². The lowest BCUT2D eigenvalue weighted by Gasteiger charge is -2.35. The summed E-state index contributed by atoms with van der Waals surface area (Å²) in [4.78, 5) is 14.5. The van der Waals surface area contributed by atoms with Gasteiger partial charge in [-0.05, 0) is 70.3 Å². The zero-order valence-corrected chi connectivity index (χ0v) is 18.7. The zero-order chi connectivity index (χ0) is 21.4. The molecule has 1 aromatic carbocycles. The van der Waals surface area contributed by atoms with Crippen molar-refractivity contribution in [3.8, 4) is 11.3 Å². The fourth-order valence-electron chi connectivity index (χ4n) is 4.87. The molecule has 1 saturated carbocycles. The summed E-state index contributed by atoms with van der Waals surface area (Å²) in [5.74, 6) is 0.802. The molecule has 5 rings (SSSR count). The normalized spacial score (nSPS) is 22.1. The quantitative estimate of drug-likeness (QED) is 0.661. The van der Waals surface area contributed by atoms with E-state index in [1.165, 1.54) is 24.9 Å². The van der Waals surface area contributed by atoms with Gasteiger partial charge in [0.15, 0.2) is 0 Å². The minimum absolute atomic E-state index is 0.509. The maximum Gasteiger partial charge on any atom is 0.0927 e. The molecule has 1 aliphatic carbocycles. The van der Waals surface area contributed by atoms with Gasteiger partial charge in [-0.3, -0.25) is 9.67 Å². The van der Waals surface area contributed by atoms with E-state index in [0.717, 1.165) is 73.0 Å². The summed E-state index contributed by atoms with van der Waals surface area (Å²) in [6.45, 7) is 7.17. The highest BCUT2D eigenvalue weighted by Gasteiger charge is 2.31. The second-order valence-corrected chi connectivity index (χ2v) is 9.25. The summed E-state index contributed by atoms with van der Waals surface area (Å²) >= 11 is 0. The molecular formula is C24H33N7. The minimum Gasteiger partial charge on any atom is -0.369 e. The summed E-state index contributed by atoms with van der Waals surface area (Å²) in [5.41, 5.74) is 11.8. The van der Waals surface area contributed by atoms with Gasteiger partial charge in [-0.25, -0.2) is 4.98 Å². The summed E-state index contributed by atoms with van der Waals surface area (Å²) in [6, 6.07) is 6.96. The number of benzene rings is 1. The molecule has 2 fully saturated rings. The molecule has 2 aliphatic rings. The first-order valence-electron chi connectivity index (χ1n) is 11.6. The molecule has 31 heavy (non-hydrogen) atoms. The van der Waals surface area contributed by atoms with Crippen LogP contribution in [0.2, 0.25) is 0 Å². The van der Waals surface area contributed by atoms with Crippen molar-refractivity contribution in [1.82, 2.24) is 24.6 Å². The molecular weight excluding hydrogens is 386 g/mol. The van der Waals surface area contributed by atoms with Crippen molar-refractivity contribution in [3.05, 3.63) is 36.3 Å². The molecule has 3 aromatic rings. The van der Waals surface area contributed by atoms with Crippen molar-refractivity contribution in [2.75, 3.05) is 44.7 Å². The molecule has 164 valence electrons. The van der Waals surface area contributed by atoms with Crippen LogP contribution in [0.25, 0.3) is 22.3 Å². The number of piperazine rings is 1. The van der Waals surface area contributed by atoms with Gasteiger partial charge >= 0.3 is 0 Å². The van der Waals surface area contributed by atoms with Crippen molar-refractivity contribution < 1.29 is 0 Å². The highest BCUT2D eigenvalue weighted by Crippen LogP contribution is 2.40. The van der Waals surface area contributed by atoms with Gasteiger partial charge in [-0.2, -0.15) is 5.10 Å². The Morgan fingerprint density at radius 2 is 1.90 bits per heavy atom. The van der Waals surface area contributed by atoms with Crippen LogP contribution in [0.15, 0.2) is 30.6 Å². The van der Waals surface area contributed by atoms with Crippen molar-refractivity contribution in [2.24, 2.45) is 11.7 Å². The number of aromatic nitrogens is 4. The highest BCUT2D eigenvalue weighted by atomic mass is 15.3. The van der Waals surface area contributed by atoms with Crippen molar-refractivity contribution in [2.45, 2.75) is 38.6 Å². The molecule has 7 heteroatoms. The summed E-state index contributed by atoms with van der Waals surface area (Å²) in [6.07, 6.45) is 8.84. The Morgan fingerprint density at radius 3 is 2.68 bits per heavy atom. The lowest BCUT2D eigenvalue weighted by Crippen LogP contribution is -2.44. The van der Waals surface area contributed by atoms with E-state index >= 15 is 0 Å². The third-order valence-electron chi connectivity index (χ3n) is 6.99. The van der Waals surface area contributed by atoms with E-state index in [1.807, 2.05) is 6.20 Å². The van der Waals surface area contributed by atoms with Gasteiger partial charge in [0.05, 0.1) is 34.7 Å². The Balaban J connectivity index is 1.33. The molecule has 3 heterocycles. The molecule has 1 aliphatic heterocycles. The lowest BCUT2D eigenvalue weighted by molar-refractivity contribution is 0.171. The summed E-state index contributed by atoms with van der Waals surface area (Å²) in [5, 5.41) is 4.80. The van der Waals surface area contributed by atoms with E-state index in [1.54, 1.807) is 0 Å². The average molecular weight is 420 g/mol. The number of aryl methyl sites for hydroxylation is 1. The van der Waals surface area contributed by atoms with Gasteiger partial charge in [0.2, 0.25) is 0 Å². The van der Waals surface area contributed by atoms with Crippen molar-refractivity contribution in [3.63, 3.8) is 0 Å². The molecule has 2 aromatic heterocycles. The van der Waals surface area contributed by atoms with Crippen LogP contribution in [0.3, 0.4) is 0 Å². The number of nitrogens with two attached hydrogens (primary N) is 1. The zero-order valence-electron chi connectivity index (χ0n) is 18.7. The summed E-state index contributed by atoms with van der Waals surface area (Å²) < 4.78 is 2.14. The Bertz CT molecular complexity index is 1050. The number of likely N-dealkylation sites (N-methyl/N-ethyl adjacent to an activating group) is 1. The van der Waals surface area contributed by atoms with Crippen LogP contribution < -0.4 is 10.6 Å². The van der Waals surface area contributed by atoms with Crippen molar-refractivity contribution >= 4 is 16.7 Å². The van der Waals surface area contributed by atoms with Crippen LogP contribution in [0.5, 0.6) is 0 Å². The third-order valence-corrected chi connectivity index (χ3v) is 6.99. The molecule has 7 nitrogen and oxygen atoms in total. The van der Waals surface area contributed by atoms with Gasteiger partial charge in [0, 0.05) is 43.6 Å². The molecule has 0 amide bonds. The Kier molecular flexibility index (Phi) is 5.63. The first-order valence-corrected chi connectivity index (χ1v) is 11.6. The second kappa shape index (κ2) is 8.55. The Morgan fingerprint density at radius 1 is 1.10 bits per heavy atom. The predicted octanol–water partition coefficient (Wildman–Crippen LogP) is 3.24. The highest BCUT2D eigenvalue weighted by molar-refractivity contribution is 5.81. The molecule has 2 N–H and O–H groups in total. The van der Waals surface area contributed by atoms with Gasteiger partial charge in [-0.1, -0.05) is 0 Å². The van der Waals surface area contributed by atoms with Crippen LogP contribution in [0, 0.1) is 12.8 Å². The Hall–Kier alpha value is -2.51. The second-order valence-electron chi connectivity index (χ2n) is 9.25. The van der Waals surface area contributed by atoms with Crippen LogP contribution in [0.1, 0.15) is 37.4 Å². The minimum atomic E-state index is 0.509.